The number of hydrogen-bond acceptors (Lipinski definition) is 3. The van der Waals surface area contributed by atoms with Crippen molar-refractivity contribution in [3.63, 3.8) is 0 Å². The van der Waals surface area contributed by atoms with Gasteiger partial charge in [-0.05, 0) is 13.0 Å². The normalized spacial score (nSPS) is 12.6. The molecular weight excluding hydrogens is 140 g/mol. The van der Waals surface area contributed by atoms with Crippen LogP contribution in [0.3, 0.4) is 0 Å². The molecule has 0 saturated heterocycles. The van der Waals surface area contributed by atoms with E-state index < -0.39 is 0 Å². The summed E-state index contributed by atoms with van der Waals surface area (Å²) >= 11 is 0. The Morgan fingerprint density at radius 1 is 1.64 bits per heavy atom. The highest BCUT2D eigenvalue weighted by atomic mass is 16.5. The van der Waals surface area contributed by atoms with E-state index in [0.717, 1.165) is 11.4 Å². The standard InChI is InChI=1S/C8H12N2O/c1-6(9)8-5-7(11-2)3-4-10-8/h3-6H,9H2,1-2H3/t6-/m0/s1. The first-order valence-corrected chi connectivity index (χ1v) is 3.49. The maximum Gasteiger partial charge on any atom is 0.122 e. The second-order valence-corrected chi connectivity index (χ2v) is 2.41. The highest BCUT2D eigenvalue weighted by Crippen LogP contribution is 2.13. The molecule has 11 heavy (non-hydrogen) atoms. The molecule has 1 aromatic rings. The number of pyridine rings is 1. The molecule has 1 aromatic heterocycles. The summed E-state index contributed by atoms with van der Waals surface area (Å²) in [6.45, 7) is 1.89. The van der Waals surface area contributed by atoms with E-state index in [4.69, 9.17) is 10.5 Å². The first kappa shape index (κ1) is 8.01. The highest BCUT2D eigenvalue weighted by Gasteiger charge is 2.00. The van der Waals surface area contributed by atoms with Crippen LogP contribution in [0.15, 0.2) is 18.3 Å². The second-order valence-electron chi connectivity index (χ2n) is 2.41. The largest absolute Gasteiger partial charge is 0.497 e. The van der Waals surface area contributed by atoms with Crippen molar-refractivity contribution in [1.29, 1.82) is 0 Å². The second kappa shape index (κ2) is 3.34. The van der Waals surface area contributed by atoms with Crippen LogP contribution in [0, 0.1) is 0 Å². The SMILES string of the molecule is COc1ccnc([C@H](C)N)c1. The maximum absolute atomic E-state index is 5.62. The van der Waals surface area contributed by atoms with Gasteiger partial charge in [-0.1, -0.05) is 0 Å². The summed E-state index contributed by atoms with van der Waals surface area (Å²) in [5.41, 5.74) is 6.47. The van der Waals surface area contributed by atoms with Crippen LogP contribution in [0.4, 0.5) is 0 Å². The van der Waals surface area contributed by atoms with Crippen molar-refractivity contribution in [2.45, 2.75) is 13.0 Å². The Bertz CT molecular complexity index is 235. The molecule has 3 heteroatoms. The van der Waals surface area contributed by atoms with Crippen molar-refractivity contribution in [1.82, 2.24) is 4.98 Å². The molecule has 3 nitrogen and oxygen atoms in total. The minimum Gasteiger partial charge on any atom is -0.497 e. The van der Waals surface area contributed by atoms with Crippen LogP contribution >= 0.6 is 0 Å². The lowest BCUT2D eigenvalue weighted by molar-refractivity contribution is 0.413. The molecule has 1 heterocycles. The van der Waals surface area contributed by atoms with E-state index in [1.807, 2.05) is 13.0 Å². The Morgan fingerprint density at radius 3 is 2.91 bits per heavy atom. The number of hydrogen-bond donors (Lipinski definition) is 1. The van der Waals surface area contributed by atoms with Gasteiger partial charge in [0.25, 0.3) is 0 Å². The minimum absolute atomic E-state index is 0.0369. The Balaban J connectivity index is 2.91. The first-order valence-electron chi connectivity index (χ1n) is 3.49. The molecule has 0 aliphatic carbocycles. The smallest absolute Gasteiger partial charge is 0.122 e. The molecule has 0 spiro atoms. The fourth-order valence-corrected chi connectivity index (χ4v) is 0.804. The molecule has 0 saturated carbocycles. The van der Waals surface area contributed by atoms with Crippen LogP contribution in [0.25, 0.3) is 0 Å². The van der Waals surface area contributed by atoms with Gasteiger partial charge in [-0.3, -0.25) is 4.98 Å². The predicted octanol–water partition coefficient (Wildman–Crippen LogP) is 1.11. The fraction of sp³-hybridized carbons (Fsp3) is 0.375. The number of ether oxygens (including phenoxy) is 1. The van der Waals surface area contributed by atoms with Crippen LogP contribution < -0.4 is 10.5 Å². The number of nitrogens with zero attached hydrogens (tertiary/aromatic N) is 1. The summed E-state index contributed by atoms with van der Waals surface area (Å²) in [6, 6.07) is 3.60. The minimum atomic E-state index is -0.0369. The van der Waals surface area contributed by atoms with E-state index >= 15 is 0 Å². The molecule has 0 radical (unpaired) electrons. The maximum atomic E-state index is 5.62. The van der Waals surface area contributed by atoms with Gasteiger partial charge in [0.05, 0.1) is 12.8 Å². The van der Waals surface area contributed by atoms with Gasteiger partial charge in [-0.25, -0.2) is 0 Å². The summed E-state index contributed by atoms with van der Waals surface area (Å²) in [5.74, 6) is 0.798. The lowest BCUT2D eigenvalue weighted by Crippen LogP contribution is -2.06. The van der Waals surface area contributed by atoms with Crippen molar-refractivity contribution >= 4 is 0 Å². The average molecular weight is 152 g/mol. The van der Waals surface area contributed by atoms with Crippen LogP contribution in [0.1, 0.15) is 18.7 Å². The average Bonchev–Trinajstić information content (AvgIpc) is 2.05. The molecule has 2 N–H and O–H groups in total. The number of methoxy groups -OCH3 is 1. The van der Waals surface area contributed by atoms with Crippen molar-refractivity contribution in [3.8, 4) is 5.75 Å². The lowest BCUT2D eigenvalue weighted by Gasteiger charge is -2.05. The summed E-state index contributed by atoms with van der Waals surface area (Å²) in [5, 5.41) is 0. The van der Waals surface area contributed by atoms with Crippen molar-refractivity contribution in [2.75, 3.05) is 7.11 Å². The van der Waals surface area contributed by atoms with Crippen LogP contribution in [0.2, 0.25) is 0 Å². The van der Waals surface area contributed by atoms with Crippen molar-refractivity contribution in [3.05, 3.63) is 24.0 Å². The van der Waals surface area contributed by atoms with Gasteiger partial charge in [0.2, 0.25) is 0 Å². The third-order valence-electron chi connectivity index (χ3n) is 1.45. The van der Waals surface area contributed by atoms with Crippen LogP contribution in [-0.4, -0.2) is 12.1 Å². The van der Waals surface area contributed by atoms with E-state index in [1.54, 1.807) is 19.4 Å². The molecule has 0 unspecified atom stereocenters. The lowest BCUT2D eigenvalue weighted by atomic mass is 10.2. The van der Waals surface area contributed by atoms with E-state index in [-0.39, 0.29) is 6.04 Å². The van der Waals surface area contributed by atoms with Gasteiger partial charge < -0.3 is 10.5 Å². The molecular formula is C8H12N2O. The van der Waals surface area contributed by atoms with Gasteiger partial charge in [0.1, 0.15) is 5.75 Å². The zero-order valence-electron chi connectivity index (χ0n) is 6.74. The molecule has 1 rings (SSSR count). The quantitative estimate of drug-likeness (QED) is 0.690. The fourth-order valence-electron chi connectivity index (χ4n) is 0.804. The highest BCUT2D eigenvalue weighted by molar-refractivity contribution is 5.23. The zero-order valence-corrected chi connectivity index (χ0v) is 6.74. The third-order valence-corrected chi connectivity index (χ3v) is 1.45. The first-order chi connectivity index (χ1) is 5.24. The third kappa shape index (κ3) is 1.91. The van der Waals surface area contributed by atoms with Crippen LogP contribution in [-0.2, 0) is 0 Å². The van der Waals surface area contributed by atoms with Gasteiger partial charge in [-0.2, -0.15) is 0 Å². The number of aromatic nitrogens is 1. The molecule has 0 aromatic carbocycles. The van der Waals surface area contributed by atoms with E-state index in [2.05, 4.69) is 4.98 Å². The number of nitrogens with two attached hydrogens (primary N) is 1. The molecule has 0 bridgehead atoms. The van der Waals surface area contributed by atoms with Gasteiger partial charge >= 0.3 is 0 Å². The molecule has 0 amide bonds. The topological polar surface area (TPSA) is 48.1 Å². The molecule has 0 aliphatic rings. The van der Waals surface area contributed by atoms with Gasteiger partial charge in [0, 0.05) is 18.3 Å². The van der Waals surface area contributed by atoms with E-state index in [0.29, 0.717) is 0 Å². The van der Waals surface area contributed by atoms with E-state index in [1.165, 1.54) is 0 Å². The summed E-state index contributed by atoms with van der Waals surface area (Å²) in [6.07, 6.45) is 1.69. The Hall–Kier alpha value is -1.09. The zero-order chi connectivity index (χ0) is 8.27. The molecule has 1 atom stereocenters. The van der Waals surface area contributed by atoms with Crippen molar-refractivity contribution < 1.29 is 4.74 Å². The number of rotatable bonds is 2. The Labute approximate surface area is 66.2 Å². The Morgan fingerprint density at radius 2 is 2.36 bits per heavy atom. The summed E-state index contributed by atoms with van der Waals surface area (Å²) < 4.78 is 5.01. The van der Waals surface area contributed by atoms with E-state index in [9.17, 15) is 0 Å². The van der Waals surface area contributed by atoms with Gasteiger partial charge in [-0.15, -0.1) is 0 Å². The van der Waals surface area contributed by atoms with Crippen molar-refractivity contribution in [2.24, 2.45) is 5.73 Å². The predicted molar refractivity (Wildman–Crippen MR) is 43.4 cm³/mol. The molecule has 0 fully saturated rings. The summed E-state index contributed by atoms with van der Waals surface area (Å²) in [4.78, 5) is 4.08. The molecule has 0 aliphatic heterocycles. The summed E-state index contributed by atoms with van der Waals surface area (Å²) in [7, 11) is 1.63. The Kier molecular flexibility index (Phi) is 2.44. The van der Waals surface area contributed by atoms with Crippen LogP contribution in [0.5, 0.6) is 5.75 Å². The monoisotopic (exact) mass is 152 g/mol. The molecule has 60 valence electrons. The van der Waals surface area contributed by atoms with Gasteiger partial charge in [0.15, 0.2) is 0 Å².